The largest absolute Gasteiger partial charge is 0.393 e. The van der Waals surface area contributed by atoms with E-state index in [9.17, 15) is 0 Å². The molecule has 0 N–H and O–H groups in total. The molecule has 0 saturated carbocycles. The molecular formula is C13H16BN. The number of hydrogen-bond donors (Lipinski definition) is 0. The number of rotatable bonds is 4. The molecular weight excluding hydrogens is 181 g/mol. The average molecular weight is 197 g/mol. The Labute approximate surface area is 92.6 Å². The van der Waals surface area contributed by atoms with Crippen LogP contribution < -0.4 is 0 Å². The summed E-state index contributed by atoms with van der Waals surface area (Å²) in [6, 6.07) is 0. The zero-order valence-corrected chi connectivity index (χ0v) is 9.46. The van der Waals surface area contributed by atoms with E-state index in [0.29, 0.717) is 0 Å². The second-order valence-corrected chi connectivity index (χ2v) is 3.27. The van der Waals surface area contributed by atoms with Crippen LogP contribution in [0.1, 0.15) is 29.4 Å². The van der Waals surface area contributed by atoms with Gasteiger partial charge in [-0.25, -0.2) is 0 Å². The van der Waals surface area contributed by atoms with Crippen LogP contribution in [0.25, 0.3) is 24.3 Å². The van der Waals surface area contributed by atoms with Crippen LogP contribution in [0.5, 0.6) is 0 Å². The Morgan fingerprint density at radius 1 is 1.00 bits per heavy atom. The maximum atomic E-state index is 3.84. The van der Waals surface area contributed by atoms with Gasteiger partial charge in [-0.3, -0.25) is 0 Å². The minimum Gasteiger partial charge on any atom is -0.393 e. The van der Waals surface area contributed by atoms with Gasteiger partial charge in [0.1, 0.15) is 0 Å². The third-order valence-corrected chi connectivity index (χ3v) is 2.49. The lowest BCUT2D eigenvalue weighted by Gasteiger charge is -2.01. The maximum Gasteiger partial charge on any atom is 0.223 e. The topological polar surface area (TPSA) is 4.93 Å². The monoisotopic (exact) mass is 197 g/mol. The summed E-state index contributed by atoms with van der Waals surface area (Å²) >= 11 is 0. The second kappa shape index (κ2) is 4.69. The van der Waals surface area contributed by atoms with Crippen molar-refractivity contribution in [2.24, 2.45) is 0 Å². The highest BCUT2D eigenvalue weighted by Gasteiger charge is 2.11. The summed E-state index contributed by atoms with van der Waals surface area (Å²) in [7, 11) is 2.02. The van der Waals surface area contributed by atoms with E-state index in [1.807, 2.05) is 39.2 Å². The average Bonchev–Trinajstić information content (AvgIpc) is 2.51. The van der Waals surface area contributed by atoms with Gasteiger partial charge in [-0.05, 0) is 19.1 Å². The maximum absolute atomic E-state index is 3.84. The molecule has 0 atom stereocenters. The van der Waals surface area contributed by atoms with Gasteiger partial charge in [0.15, 0.2) is 0 Å². The Bertz CT molecular complexity index is 436. The smallest absolute Gasteiger partial charge is 0.223 e. The molecule has 0 unspecified atom stereocenters. The Morgan fingerprint density at radius 3 is 1.93 bits per heavy atom. The summed E-state index contributed by atoms with van der Waals surface area (Å²) in [6.07, 6.45) is 9.64. The van der Waals surface area contributed by atoms with Crippen LogP contribution in [0, 0.1) is 0 Å². The van der Waals surface area contributed by atoms with Crippen molar-refractivity contribution in [3.8, 4) is 0 Å². The number of allylic oxidation sites excluding steroid dienone is 1. The highest BCUT2D eigenvalue weighted by Crippen LogP contribution is 2.26. The second-order valence-electron chi connectivity index (χ2n) is 3.27. The molecule has 1 aromatic heterocycles. The van der Waals surface area contributed by atoms with E-state index >= 15 is 0 Å². The van der Waals surface area contributed by atoms with E-state index in [2.05, 4.69) is 30.3 Å². The fourth-order valence-corrected chi connectivity index (χ4v) is 1.80. The molecule has 0 aliphatic carbocycles. The van der Waals surface area contributed by atoms with Gasteiger partial charge < -0.3 is 4.48 Å². The van der Waals surface area contributed by atoms with Gasteiger partial charge in [-0.15, -0.1) is 0 Å². The number of hydrogen-bond acceptors (Lipinski definition) is 0. The molecule has 76 valence electrons. The van der Waals surface area contributed by atoms with E-state index in [0.717, 1.165) is 22.5 Å². The summed E-state index contributed by atoms with van der Waals surface area (Å²) in [5.41, 5.74) is 4.42. The predicted octanol–water partition coefficient (Wildman–Crippen LogP) is 2.85. The predicted molar refractivity (Wildman–Crippen MR) is 73.4 cm³/mol. The molecule has 0 aliphatic rings. The van der Waals surface area contributed by atoms with Crippen molar-refractivity contribution in [1.29, 1.82) is 0 Å². The first kappa shape index (κ1) is 11.4. The summed E-state index contributed by atoms with van der Waals surface area (Å²) in [5, 5.41) is 0. The van der Waals surface area contributed by atoms with Gasteiger partial charge in [0.2, 0.25) is 7.98 Å². The molecule has 1 nitrogen and oxygen atoms in total. The number of nitrogens with zero attached hydrogens (tertiary/aromatic N) is 1. The normalized spacial score (nSPS) is 10.5. The highest BCUT2D eigenvalue weighted by atomic mass is 14.9. The zero-order valence-electron chi connectivity index (χ0n) is 9.46. The summed E-state index contributed by atoms with van der Waals surface area (Å²) < 4.78 is 2.10. The van der Waals surface area contributed by atoms with Gasteiger partial charge >= 0.3 is 0 Å². The van der Waals surface area contributed by atoms with E-state index in [1.165, 1.54) is 0 Å². The lowest BCUT2D eigenvalue weighted by molar-refractivity contribution is 1.20. The molecule has 1 rings (SSSR count). The Balaban J connectivity index is 3.64. The third-order valence-electron chi connectivity index (χ3n) is 2.49. The lowest BCUT2D eigenvalue weighted by Crippen LogP contribution is -1.97. The summed E-state index contributed by atoms with van der Waals surface area (Å²) in [5.74, 6) is 0. The molecule has 15 heavy (non-hydrogen) atoms. The van der Waals surface area contributed by atoms with Gasteiger partial charge in [-0.2, -0.15) is 0 Å². The standard InChI is InChI=1S/C13H16BN/c1-5-9-13-11(7-3)10(6-2)12(8-4)15(13)14/h5-9H,2-4,14H2,1H3/b9-5-. The van der Waals surface area contributed by atoms with Crippen molar-refractivity contribution in [1.82, 2.24) is 4.48 Å². The van der Waals surface area contributed by atoms with Crippen LogP contribution in [0.4, 0.5) is 0 Å². The van der Waals surface area contributed by atoms with Crippen LogP contribution in [0.2, 0.25) is 0 Å². The van der Waals surface area contributed by atoms with Crippen molar-refractivity contribution in [2.75, 3.05) is 0 Å². The molecule has 0 saturated heterocycles. The summed E-state index contributed by atoms with van der Waals surface area (Å²) in [4.78, 5) is 0. The lowest BCUT2D eigenvalue weighted by atomic mass is 10.1. The van der Waals surface area contributed by atoms with E-state index in [1.54, 1.807) is 0 Å². The number of aromatic nitrogens is 1. The quantitative estimate of drug-likeness (QED) is 0.654. The van der Waals surface area contributed by atoms with Crippen LogP contribution in [0.3, 0.4) is 0 Å². The third kappa shape index (κ3) is 1.75. The van der Waals surface area contributed by atoms with Crippen molar-refractivity contribution in [3.05, 3.63) is 48.3 Å². The minimum atomic E-state index is 1.08. The van der Waals surface area contributed by atoms with Crippen molar-refractivity contribution in [3.63, 3.8) is 0 Å². The first-order chi connectivity index (χ1) is 7.21. The molecule has 0 amide bonds. The fourth-order valence-electron chi connectivity index (χ4n) is 1.80. The highest BCUT2D eigenvalue weighted by molar-refractivity contribution is 6.10. The van der Waals surface area contributed by atoms with Crippen molar-refractivity contribution in [2.45, 2.75) is 6.92 Å². The molecule has 0 radical (unpaired) electrons. The SMILES string of the molecule is Bn1c(C=C)c(C=C)c(C=C)c1/C=C\C. The van der Waals surface area contributed by atoms with Crippen LogP contribution in [-0.4, -0.2) is 12.5 Å². The summed E-state index contributed by atoms with van der Waals surface area (Å²) in [6.45, 7) is 13.5. The Hall–Kier alpha value is -1.70. The Kier molecular flexibility index (Phi) is 3.56. The molecule has 1 heterocycles. The molecule has 0 spiro atoms. The Morgan fingerprint density at radius 2 is 1.53 bits per heavy atom. The molecule has 0 aromatic carbocycles. The van der Waals surface area contributed by atoms with Gasteiger partial charge in [-0.1, -0.05) is 38.0 Å². The van der Waals surface area contributed by atoms with Crippen LogP contribution >= 0.6 is 0 Å². The molecule has 0 aliphatic heterocycles. The molecule has 2 heteroatoms. The van der Waals surface area contributed by atoms with E-state index in [-0.39, 0.29) is 0 Å². The van der Waals surface area contributed by atoms with Gasteiger partial charge in [0, 0.05) is 22.5 Å². The first-order valence-electron chi connectivity index (χ1n) is 4.93. The van der Waals surface area contributed by atoms with Crippen LogP contribution in [0.15, 0.2) is 25.8 Å². The first-order valence-corrected chi connectivity index (χ1v) is 4.93. The zero-order chi connectivity index (χ0) is 11.4. The van der Waals surface area contributed by atoms with E-state index in [4.69, 9.17) is 0 Å². The van der Waals surface area contributed by atoms with Crippen molar-refractivity contribution < 1.29 is 0 Å². The molecule has 1 aromatic rings. The minimum absolute atomic E-state index is 1.08. The van der Waals surface area contributed by atoms with Crippen LogP contribution in [-0.2, 0) is 0 Å². The van der Waals surface area contributed by atoms with Gasteiger partial charge in [0.05, 0.1) is 0 Å². The molecule has 0 bridgehead atoms. The van der Waals surface area contributed by atoms with E-state index < -0.39 is 0 Å². The molecule has 0 fully saturated rings. The van der Waals surface area contributed by atoms with Gasteiger partial charge in [0.25, 0.3) is 0 Å². The fraction of sp³-hybridized carbons (Fsp3) is 0.0769. The van der Waals surface area contributed by atoms with Crippen molar-refractivity contribution >= 4 is 32.3 Å².